The molecule has 0 heterocycles. The van der Waals surface area contributed by atoms with E-state index >= 15 is 0 Å². The van der Waals surface area contributed by atoms with Gasteiger partial charge in [-0.15, -0.1) is 0 Å². The molecule has 1 rings (SSSR count). The highest BCUT2D eigenvalue weighted by atomic mass is 79.9. The van der Waals surface area contributed by atoms with E-state index in [2.05, 4.69) is 15.9 Å². The second-order valence-corrected chi connectivity index (χ2v) is 3.26. The number of hydrogen-bond acceptors (Lipinski definition) is 1. The predicted molar refractivity (Wildman–Crippen MR) is 31.5 cm³/mol. The fraction of sp³-hybridized carbons (Fsp3) is 0.800. The second kappa shape index (κ2) is 1.95. The molecule has 0 spiro atoms. The largest absolute Gasteiger partial charge is 0.303 e. The van der Waals surface area contributed by atoms with Crippen molar-refractivity contribution in [3.8, 4) is 0 Å². The van der Waals surface area contributed by atoms with Crippen molar-refractivity contribution in [1.82, 2.24) is 0 Å². The summed E-state index contributed by atoms with van der Waals surface area (Å²) in [5, 5.41) is 0. The monoisotopic (exact) mass is 162 g/mol. The van der Waals surface area contributed by atoms with Gasteiger partial charge in [0, 0.05) is 10.7 Å². The van der Waals surface area contributed by atoms with Crippen molar-refractivity contribution in [2.24, 2.45) is 5.92 Å². The number of carbonyl (C=O) groups excluding carboxylic acids is 1. The van der Waals surface area contributed by atoms with Crippen LogP contribution >= 0.6 is 15.9 Å². The van der Waals surface area contributed by atoms with Crippen molar-refractivity contribution in [2.75, 3.05) is 0 Å². The third kappa shape index (κ3) is 1.03. The fourth-order valence-electron chi connectivity index (χ4n) is 0.699. The Hall–Kier alpha value is 0.150. The molecule has 1 aliphatic rings. The molecule has 0 saturated heterocycles. The summed E-state index contributed by atoms with van der Waals surface area (Å²) in [6.45, 7) is 0. The van der Waals surface area contributed by atoms with Crippen molar-refractivity contribution < 1.29 is 4.79 Å². The lowest BCUT2D eigenvalue weighted by Gasteiger charge is -2.25. The molecule has 1 fully saturated rings. The van der Waals surface area contributed by atoms with Gasteiger partial charge in [0.25, 0.3) is 0 Å². The van der Waals surface area contributed by atoms with E-state index in [1.807, 2.05) is 0 Å². The lowest BCUT2D eigenvalue weighted by Crippen LogP contribution is -2.24. The molecular formula is C5H7BrO. The third-order valence-electron chi connectivity index (χ3n) is 1.31. The molecule has 0 bridgehead atoms. The van der Waals surface area contributed by atoms with E-state index in [9.17, 15) is 4.79 Å². The third-order valence-corrected chi connectivity index (χ3v) is 2.06. The Balaban J connectivity index is 2.17. The van der Waals surface area contributed by atoms with Gasteiger partial charge < -0.3 is 4.79 Å². The molecule has 0 radical (unpaired) electrons. The molecular weight excluding hydrogens is 156 g/mol. The van der Waals surface area contributed by atoms with Gasteiger partial charge in [0.1, 0.15) is 6.29 Å². The normalized spacial score (nSPS) is 39.6. The lowest BCUT2D eigenvalue weighted by atomic mass is 9.87. The molecule has 0 aromatic carbocycles. The van der Waals surface area contributed by atoms with Crippen LogP contribution in [-0.2, 0) is 4.79 Å². The lowest BCUT2D eigenvalue weighted by molar-refractivity contribution is -0.112. The Morgan fingerprint density at radius 1 is 1.57 bits per heavy atom. The van der Waals surface area contributed by atoms with Crippen LogP contribution in [0.5, 0.6) is 0 Å². The van der Waals surface area contributed by atoms with Gasteiger partial charge in [0.05, 0.1) is 0 Å². The highest BCUT2D eigenvalue weighted by Crippen LogP contribution is 2.31. The molecule has 0 atom stereocenters. The van der Waals surface area contributed by atoms with Gasteiger partial charge in [-0.3, -0.25) is 0 Å². The molecule has 0 unspecified atom stereocenters. The zero-order valence-corrected chi connectivity index (χ0v) is 5.52. The molecule has 0 amide bonds. The highest BCUT2D eigenvalue weighted by Gasteiger charge is 2.25. The average molecular weight is 163 g/mol. The molecule has 0 N–H and O–H groups in total. The summed E-state index contributed by atoms with van der Waals surface area (Å²) in [6.07, 6.45) is 3.13. The van der Waals surface area contributed by atoms with Crippen molar-refractivity contribution in [3.63, 3.8) is 0 Å². The SMILES string of the molecule is O=CC1CC(Br)C1. The summed E-state index contributed by atoms with van der Waals surface area (Å²) in [4.78, 5) is 10.5. The van der Waals surface area contributed by atoms with E-state index in [1.54, 1.807) is 0 Å². The molecule has 0 aliphatic heterocycles. The van der Waals surface area contributed by atoms with E-state index in [0.29, 0.717) is 10.7 Å². The zero-order valence-electron chi connectivity index (χ0n) is 3.93. The quantitative estimate of drug-likeness (QED) is 0.421. The minimum Gasteiger partial charge on any atom is -0.303 e. The van der Waals surface area contributed by atoms with Gasteiger partial charge >= 0.3 is 0 Å². The molecule has 0 aromatic heterocycles. The van der Waals surface area contributed by atoms with Gasteiger partial charge in [0.2, 0.25) is 0 Å². The van der Waals surface area contributed by atoms with Crippen molar-refractivity contribution >= 4 is 22.2 Å². The maximum Gasteiger partial charge on any atom is 0.123 e. The van der Waals surface area contributed by atoms with E-state index in [1.165, 1.54) is 0 Å². The smallest absolute Gasteiger partial charge is 0.123 e. The first-order chi connectivity index (χ1) is 3.33. The van der Waals surface area contributed by atoms with Gasteiger partial charge in [-0.2, -0.15) is 0 Å². The summed E-state index contributed by atoms with van der Waals surface area (Å²) in [7, 11) is 0. The molecule has 0 aromatic rings. The summed E-state index contributed by atoms with van der Waals surface area (Å²) < 4.78 is 0. The molecule has 2 heteroatoms. The summed E-state index contributed by atoms with van der Waals surface area (Å²) >= 11 is 3.38. The maximum atomic E-state index is 9.91. The Kier molecular flexibility index (Phi) is 1.47. The van der Waals surface area contributed by atoms with Crippen LogP contribution in [0.25, 0.3) is 0 Å². The van der Waals surface area contributed by atoms with Gasteiger partial charge in [-0.25, -0.2) is 0 Å². The van der Waals surface area contributed by atoms with E-state index in [-0.39, 0.29) is 0 Å². The number of hydrogen-bond donors (Lipinski definition) is 0. The predicted octanol–water partition coefficient (Wildman–Crippen LogP) is 1.36. The minimum absolute atomic E-state index is 0.365. The first-order valence-corrected chi connectivity index (χ1v) is 3.34. The first kappa shape index (κ1) is 5.29. The molecule has 40 valence electrons. The number of halogens is 1. The van der Waals surface area contributed by atoms with Crippen LogP contribution in [0.2, 0.25) is 0 Å². The Morgan fingerprint density at radius 2 is 2.14 bits per heavy atom. The summed E-state index contributed by atoms with van der Waals surface area (Å²) in [5.41, 5.74) is 0. The Morgan fingerprint density at radius 3 is 2.29 bits per heavy atom. The number of alkyl halides is 1. The standard InChI is InChI=1S/C5H7BrO/c6-5-1-4(2-5)3-7/h3-5H,1-2H2. The van der Waals surface area contributed by atoms with Crippen LogP contribution in [0.4, 0.5) is 0 Å². The summed E-state index contributed by atoms with van der Waals surface area (Å²) in [5.74, 6) is 0.365. The molecule has 1 nitrogen and oxygen atoms in total. The van der Waals surface area contributed by atoms with Gasteiger partial charge in [0.15, 0.2) is 0 Å². The fourth-order valence-corrected chi connectivity index (χ4v) is 1.66. The Labute approximate surface area is 51.2 Å². The molecule has 1 aliphatic carbocycles. The van der Waals surface area contributed by atoms with Gasteiger partial charge in [-0.05, 0) is 12.8 Å². The van der Waals surface area contributed by atoms with Crippen LogP contribution in [0.15, 0.2) is 0 Å². The van der Waals surface area contributed by atoms with Crippen molar-refractivity contribution in [2.45, 2.75) is 17.7 Å². The van der Waals surface area contributed by atoms with Crippen molar-refractivity contribution in [3.05, 3.63) is 0 Å². The van der Waals surface area contributed by atoms with Gasteiger partial charge in [-0.1, -0.05) is 15.9 Å². The van der Waals surface area contributed by atoms with E-state index in [4.69, 9.17) is 0 Å². The topological polar surface area (TPSA) is 17.1 Å². The van der Waals surface area contributed by atoms with E-state index in [0.717, 1.165) is 19.1 Å². The van der Waals surface area contributed by atoms with Crippen LogP contribution in [0.3, 0.4) is 0 Å². The summed E-state index contributed by atoms with van der Waals surface area (Å²) in [6, 6.07) is 0. The molecule has 1 saturated carbocycles. The van der Waals surface area contributed by atoms with Crippen LogP contribution < -0.4 is 0 Å². The minimum atomic E-state index is 0.365. The zero-order chi connectivity index (χ0) is 5.28. The van der Waals surface area contributed by atoms with E-state index < -0.39 is 0 Å². The molecule has 7 heavy (non-hydrogen) atoms. The number of carbonyl (C=O) groups is 1. The number of aldehydes is 1. The number of rotatable bonds is 1. The highest BCUT2D eigenvalue weighted by molar-refractivity contribution is 9.09. The average Bonchev–Trinajstić information content (AvgIpc) is 1.58. The Bertz CT molecular complexity index is 76.1. The van der Waals surface area contributed by atoms with Crippen LogP contribution in [-0.4, -0.2) is 11.1 Å². The van der Waals surface area contributed by atoms with Crippen molar-refractivity contribution in [1.29, 1.82) is 0 Å². The maximum absolute atomic E-state index is 9.91. The first-order valence-electron chi connectivity index (χ1n) is 2.42. The second-order valence-electron chi connectivity index (χ2n) is 1.96. The van der Waals surface area contributed by atoms with Crippen LogP contribution in [0.1, 0.15) is 12.8 Å². The van der Waals surface area contributed by atoms with Crippen LogP contribution in [0, 0.1) is 5.92 Å².